The van der Waals surface area contributed by atoms with Crippen molar-refractivity contribution in [3.8, 4) is 5.75 Å². The van der Waals surface area contributed by atoms with Gasteiger partial charge in [0.15, 0.2) is 0 Å². The van der Waals surface area contributed by atoms with Crippen molar-refractivity contribution < 1.29 is 4.74 Å². The Bertz CT molecular complexity index is 328. The van der Waals surface area contributed by atoms with E-state index in [4.69, 9.17) is 16.3 Å². The predicted octanol–water partition coefficient (Wildman–Crippen LogP) is 3.14. The first-order chi connectivity index (χ1) is 7.71. The molecule has 0 bridgehead atoms. The highest BCUT2D eigenvalue weighted by atomic mass is 35.5. The average molecular weight is 242 g/mol. The van der Waals surface area contributed by atoms with Gasteiger partial charge in [-0.2, -0.15) is 0 Å². The highest BCUT2D eigenvalue weighted by Crippen LogP contribution is 2.25. The van der Waals surface area contributed by atoms with E-state index >= 15 is 0 Å². The third-order valence-electron chi connectivity index (χ3n) is 2.82. The molecule has 0 aliphatic heterocycles. The lowest BCUT2D eigenvalue weighted by Crippen LogP contribution is -2.20. The van der Waals surface area contributed by atoms with Crippen molar-refractivity contribution >= 4 is 11.6 Å². The Balaban J connectivity index is 2.80. The minimum Gasteiger partial charge on any atom is -0.496 e. The highest BCUT2D eigenvalue weighted by Gasteiger charge is 2.10. The molecular weight excluding hydrogens is 222 g/mol. The van der Waals surface area contributed by atoms with Crippen LogP contribution in [0.4, 0.5) is 0 Å². The summed E-state index contributed by atoms with van der Waals surface area (Å²) in [5.74, 6) is 1.55. The molecule has 1 unspecified atom stereocenters. The van der Waals surface area contributed by atoms with Crippen LogP contribution in [0.3, 0.4) is 0 Å². The lowest BCUT2D eigenvalue weighted by Gasteiger charge is -2.16. The maximum absolute atomic E-state index is 6.01. The molecule has 1 N–H and O–H groups in total. The topological polar surface area (TPSA) is 21.3 Å². The Morgan fingerprint density at radius 2 is 2.19 bits per heavy atom. The molecule has 0 spiro atoms. The van der Waals surface area contributed by atoms with Gasteiger partial charge in [-0.15, -0.1) is 0 Å². The second kappa shape index (κ2) is 6.77. The summed E-state index contributed by atoms with van der Waals surface area (Å²) >= 11 is 6.01. The third kappa shape index (κ3) is 3.69. The number of benzene rings is 1. The van der Waals surface area contributed by atoms with Crippen LogP contribution in [-0.2, 0) is 6.42 Å². The fourth-order valence-corrected chi connectivity index (χ4v) is 2.06. The fraction of sp³-hybridized carbons (Fsp3) is 0.538. The van der Waals surface area contributed by atoms with E-state index in [0.717, 1.165) is 30.2 Å². The van der Waals surface area contributed by atoms with E-state index in [9.17, 15) is 0 Å². The van der Waals surface area contributed by atoms with Crippen LogP contribution in [0.5, 0.6) is 5.75 Å². The van der Waals surface area contributed by atoms with Crippen molar-refractivity contribution in [2.75, 3.05) is 20.7 Å². The number of hydrogen-bond acceptors (Lipinski definition) is 2. The molecule has 16 heavy (non-hydrogen) atoms. The van der Waals surface area contributed by atoms with Crippen LogP contribution in [0.25, 0.3) is 0 Å². The van der Waals surface area contributed by atoms with Gasteiger partial charge in [0.05, 0.1) is 7.11 Å². The van der Waals surface area contributed by atoms with Gasteiger partial charge in [-0.25, -0.2) is 0 Å². The Labute approximate surface area is 103 Å². The zero-order valence-corrected chi connectivity index (χ0v) is 11.0. The summed E-state index contributed by atoms with van der Waals surface area (Å²) in [6, 6.07) is 5.80. The lowest BCUT2D eigenvalue weighted by molar-refractivity contribution is 0.400. The predicted molar refractivity (Wildman–Crippen MR) is 69.4 cm³/mol. The number of nitrogens with one attached hydrogen (secondary N) is 1. The SMILES string of the molecule is CCC(CNC)Cc1cc(Cl)ccc1OC. The van der Waals surface area contributed by atoms with Crippen LogP contribution in [0.2, 0.25) is 5.02 Å². The Kier molecular flexibility index (Phi) is 5.64. The molecule has 3 heteroatoms. The van der Waals surface area contributed by atoms with E-state index in [2.05, 4.69) is 12.2 Å². The summed E-state index contributed by atoms with van der Waals surface area (Å²) < 4.78 is 5.34. The number of rotatable bonds is 6. The maximum Gasteiger partial charge on any atom is 0.122 e. The van der Waals surface area contributed by atoms with Gasteiger partial charge in [-0.1, -0.05) is 24.9 Å². The smallest absolute Gasteiger partial charge is 0.122 e. The molecule has 0 aromatic heterocycles. The third-order valence-corrected chi connectivity index (χ3v) is 3.06. The Morgan fingerprint density at radius 3 is 2.75 bits per heavy atom. The number of ether oxygens (including phenoxy) is 1. The molecule has 1 atom stereocenters. The van der Waals surface area contributed by atoms with Crippen LogP contribution in [-0.4, -0.2) is 20.7 Å². The van der Waals surface area contributed by atoms with Gasteiger partial charge in [0.25, 0.3) is 0 Å². The highest BCUT2D eigenvalue weighted by molar-refractivity contribution is 6.30. The van der Waals surface area contributed by atoms with Crippen molar-refractivity contribution in [1.82, 2.24) is 5.32 Å². The Hall–Kier alpha value is -0.730. The summed E-state index contributed by atoms with van der Waals surface area (Å²) in [6.07, 6.45) is 2.15. The Morgan fingerprint density at radius 1 is 1.44 bits per heavy atom. The quantitative estimate of drug-likeness (QED) is 0.826. The second-order valence-corrected chi connectivity index (χ2v) is 4.43. The molecule has 90 valence electrons. The summed E-state index contributed by atoms with van der Waals surface area (Å²) in [7, 11) is 3.68. The van der Waals surface area contributed by atoms with Crippen molar-refractivity contribution in [3.05, 3.63) is 28.8 Å². The summed E-state index contributed by atoms with van der Waals surface area (Å²) in [5, 5.41) is 3.99. The molecule has 1 aromatic rings. The molecule has 0 aliphatic carbocycles. The van der Waals surface area contributed by atoms with Crippen LogP contribution in [0.15, 0.2) is 18.2 Å². The zero-order chi connectivity index (χ0) is 12.0. The van der Waals surface area contributed by atoms with Crippen molar-refractivity contribution in [3.63, 3.8) is 0 Å². The summed E-state index contributed by atoms with van der Waals surface area (Å²) in [4.78, 5) is 0. The van der Waals surface area contributed by atoms with E-state index in [-0.39, 0.29) is 0 Å². The second-order valence-electron chi connectivity index (χ2n) is 3.99. The molecule has 2 nitrogen and oxygen atoms in total. The molecule has 0 heterocycles. The first-order valence-electron chi connectivity index (χ1n) is 5.68. The molecular formula is C13H20ClNO. The molecule has 0 fully saturated rings. The maximum atomic E-state index is 6.01. The number of hydrogen-bond donors (Lipinski definition) is 1. The molecule has 0 amide bonds. The lowest BCUT2D eigenvalue weighted by atomic mass is 9.96. The van der Waals surface area contributed by atoms with Gasteiger partial charge in [-0.3, -0.25) is 0 Å². The first kappa shape index (κ1) is 13.3. The molecule has 1 aromatic carbocycles. The van der Waals surface area contributed by atoms with Gasteiger partial charge in [0.1, 0.15) is 5.75 Å². The van der Waals surface area contributed by atoms with Crippen LogP contribution < -0.4 is 10.1 Å². The largest absolute Gasteiger partial charge is 0.496 e. The normalized spacial score (nSPS) is 12.5. The number of halogens is 1. The van der Waals surface area contributed by atoms with E-state index in [0.29, 0.717) is 5.92 Å². The number of methoxy groups -OCH3 is 1. The summed E-state index contributed by atoms with van der Waals surface area (Å²) in [6.45, 7) is 3.23. The van der Waals surface area contributed by atoms with Crippen molar-refractivity contribution in [1.29, 1.82) is 0 Å². The van der Waals surface area contributed by atoms with E-state index in [1.807, 2.05) is 25.2 Å². The van der Waals surface area contributed by atoms with Gasteiger partial charge in [0.2, 0.25) is 0 Å². The molecule has 0 saturated heterocycles. The van der Waals surface area contributed by atoms with E-state index < -0.39 is 0 Å². The van der Waals surface area contributed by atoms with Gasteiger partial charge in [0, 0.05) is 5.02 Å². The van der Waals surface area contributed by atoms with Crippen molar-refractivity contribution in [2.45, 2.75) is 19.8 Å². The van der Waals surface area contributed by atoms with Crippen LogP contribution in [0.1, 0.15) is 18.9 Å². The fourth-order valence-electron chi connectivity index (χ4n) is 1.87. The minimum absolute atomic E-state index is 0.623. The molecule has 0 aliphatic rings. The van der Waals surface area contributed by atoms with Crippen LogP contribution in [0, 0.1) is 5.92 Å². The monoisotopic (exact) mass is 241 g/mol. The van der Waals surface area contributed by atoms with Crippen molar-refractivity contribution in [2.24, 2.45) is 5.92 Å². The van der Waals surface area contributed by atoms with Gasteiger partial charge in [-0.05, 0) is 49.7 Å². The summed E-state index contributed by atoms with van der Waals surface area (Å²) in [5.41, 5.74) is 1.19. The molecule has 0 saturated carbocycles. The van der Waals surface area contributed by atoms with Crippen LogP contribution >= 0.6 is 11.6 Å². The zero-order valence-electron chi connectivity index (χ0n) is 10.2. The standard InChI is InChI=1S/C13H20ClNO/c1-4-10(9-15-2)7-11-8-12(14)5-6-13(11)16-3/h5-6,8,10,15H,4,7,9H2,1-3H3. The molecule has 1 rings (SSSR count). The average Bonchev–Trinajstić information content (AvgIpc) is 2.29. The van der Waals surface area contributed by atoms with Gasteiger partial charge >= 0.3 is 0 Å². The minimum atomic E-state index is 0.623. The molecule has 0 radical (unpaired) electrons. The van der Waals surface area contributed by atoms with E-state index in [1.165, 1.54) is 5.56 Å². The first-order valence-corrected chi connectivity index (χ1v) is 6.06. The van der Waals surface area contributed by atoms with E-state index in [1.54, 1.807) is 7.11 Å². The van der Waals surface area contributed by atoms with Gasteiger partial charge < -0.3 is 10.1 Å².